The number of aromatic nitrogens is 1. The maximum atomic E-state index is 13.0. The van der Waals surface area contributed by atoms with Gasteiger partial charge in [0.1, 0.15) is 12.4 Å². The average Bonchev–Trinajstić information content (AvgIpc) is 2.45. The van der Waals surface area contributed by atoms with Crippen molar-refractivity contribution in [2.24, 2.45) is 0 Å². The minimum absolute atomic E-state index is 0.0753. The van der Waals surface area contributed by atoms with E-state index in [4.69, 9.17) is 0 Å². The molecular formula is C16H18FN2O+. The predicted octanol–water partition coefficient (Wildman–Crippen LogP) is 2.92. The lowest BCUT2D eigenvalue weighted by atomic mass is 10.2. The lowest BCUT2D eigenvalue weighted by molar-refractivity contribution is -0.697. The van der Waals surface area contributed by atoms with Crippen molar-refractivity contribution in [3.8, 4) is 0 Å². The lowest BCUT2D eigenvalue weighted by Gasteiger charge is -2.04. The Morgan fingerprint density at radius 1 is 1.10 bits per heavy atom. The number of carbonyl (C=O) groups excluding carboxylic acids is 1. The first-order chi connectivity index (χ1) is 9.74. The van der Waals surface area contributed by atoms with Gasteiger partial charge in [-0.2, -0.15) is 0 Å². The van der Waals surface area contributed by atoms with E-state index in [-0.39, 0.29) is 11.7 Å². The molecule has 1 heterocycles. The van der Waals surface area contributed by atoms with Crippen LogP contribution in [0.15, 0.2) is 54.9 Å². The Morgan fingerprint density at radius 2 is 1.90 bits per heavy atom. The third-order valence-corrected chi connectivity index (χ3v) is 2.96. The summed E-state index contributed by atoms with van der Waals surface area (Å²) in [4.78, 5) is 11.7. The van der Waals surface area contributed by atoms with Gasteiger partial charge in [0, 0.05) is 30.7 Å². The Hall–Kier alpha value is -2.23. The Kier molecular flexibility index (Phi) is 5.24. The molecule has 0 fully saturated rings. The number of unbranched alkanes of at least 4 members (excludes halogenated alkanes) is 1. The Labute approximate surface area is 118 Å². The van der Waals surface area contributed by atoms with Crippen molar-refractivity contribution in [3.63, 3.8) is 0 Å². The van der Waals surface area contributed by atoms with E-state index in [2.05, 4.69) is 9.88 Å². The van der Waals surface area contributed by atoms with E-state index < -0.39 is 0 Å². The van der Waals surface area contributed by atoms with Crippen LogP contribution in [0.4, 0.5) is 10.1 Å². The van der Waals surface area contributed by atoms with Gasteiger partial charge in [-0.25, -0.2) is 8.96 Å². The Bertz CT molecular complexity index is 557. The minimum atomic E-state index is -0.344. The molecule has 0 bridgehead atoms. The van der Waals surface area contributed by atoms with Crippen LogP contribution in [0.1, 0.15) is 19.3 Å². The van der Waals surface area contributed by atoms with Crippen LogP contribution < -0.4 is 9.88 Å². The number of nitrogens with zero attached hydrogens (tertiary/aromatic N) is 1. The number of hydrogen-bond donors (Lipinski definition) is 1. The normalized spacial score (nSPS) is 10.2. The largest absolute Gasteiger partial charge is 0.326 e. The summed E-state index contributed by atoms with van der Waals surface area (Å²) < 4.78 is 15.0. The number of rotatable bonds is 6. The second-order valence-electron chi connectivity index (χ2n) is 4.63. The third-order valence-electron chi connectivity index (χ3n) is 2.96. The summed E-state index contributed by atoms with van der Waals surface area (Å²) in [7, 11) is 0. The first-order valence-corrected chi connectivity index (χ1v) is 6.73. The molecule has 3 nitrogen and oxygen atoms in total. The van der Waals surface area contributed by atoms with Gasteiger partial charge in [-0.05, 0) is 24.6 Å². The molecule has 1 N–H and O–H groups in total. The van der Waals surface area contributed by atoms with Crippen LogP contribution in [-0.2, 0) is 11.3 Å². The second kappa shape index (κ2) is 7.38. The molecule has 1 aromatic carbocycles. The molecule has 2 rings (SSSR count). The third kappa shape index (κ3) is 4.80. The van der Waals surface area contributed by atoms with Crippen LogP contribution in [0.5, 0.6) is 0 Å². The zero-order valence-electron chi connectivity index (χ0n) is 11.3. The highest BCUT2D eigenvalue weighted by molar-refractivity contribution is 5.90. The van der Waals surface area contributed by atoms with Gasteiger partial charge in [0.15, 0.2) is 12.4 Å². The quantitative estimate of drug-likeness (QED) is 0.637. The number of benzene rings is 1. The minimum Gasteiger partial charge on any atom is -0.326 e. The molecule has 0 aliphatic heterocycles. The Morgan fingerprint density at radius 3 is 2.65 bits per heavy atom. The monoisotopic (exact) mass is 273 g/mol. The number of halogens is 1. The molecule has 20 heavy (non-hydrogen) atoms. The standard InChI is InChI=1S/C16H17FN2O/c17-14-7-6-8-15(13-14)18-16(20)9-2-5-12-19-10-3-1-4-11-19/h1,3-4,6-8,10-11,13H,2,5,9,12H2/p+1. The highest BCUT2D eigenvalue weighted by Crippen LogP contribution is 2.10. The second-order valence-corrected chi connectivity index (χ2v) is 4.63. The van der Waals surface area contributed by atoms with Crippen molar-refractivity contribution in [2.75, 3.05) is 5.32 Å². The smallest absolute Gasteiger partial charge is 0.224 e. The number of nitrogens with one attached hydrogen (secondary N) is 1. The van der Waals surface area contributed by atoms with Crippen LogP contribution in [0.2, 0.25) is 0 Å². The molecule has 0 atom stereocenters. The number of anilines is 1. The maximum absolute atomic E-state index is 13.0. The van der Waals surface area contributed by atoms with Crippen molar-refractivity contribution in [1.29, 1.82) is 0 Å². The van der Waals surface area contributed by atoms with Crippen molar-refractivity contribution >= 4 is 11.6 Å². The first-order valence-electron chi connectivity index (χ1n) is 6.73. The summed E-state index contributed by atoms with van der Waals surface area (Å²) in [6.45, 7) is 0.897. The van der Waals surface area contributed by atoms with Gasteiger partial charge in [0.2, 0.25) is 5.91 Å². The van der Waals surface area contributed by atoms with Crippen LogP contribution in [0.25, 0.3) is 0 Å². The highest BCUT2D eigenvalue weighted by Gasteiger charge is 2.04. The van der Waals surface area contributed by atoms with E-state index in [9.17, 15) is 9.18 Å². The van der Waals surface area contributed by atoms with E-state index in [0.717, 1.165) is 19.4 Å². The van der Waals surface area contributed by atoms with Crippen molar-refractivity contribution in [3.05, 3.63) is 60.7 Å². The fraction of sp³-hybridized carbons (Fsp3) is 0.250. The maximum Gasteiger partial charge on any atom is 0.224 e. The summed E-state index contributed by atoms with van der Waals surface area (Å²) in [5, 5.41) is 2.70. The highest BCUT2D eigenvalue weighted by atomic mass is 19.1. The van der Waals surface area contributed by atoms with Gasteiger partial charge in [-0.1, -0.05) is 12.1 Å². The predicted molar refractivity (Wildman–Crippen MR) is 75.5 cm³/mol. The molecule has 0 radical (unpaired) electrons. The van der Waals surface area contributed by atoms with Gasteiger partial charge in [0.25, 0.3) is 0 Å². The van der Waals surface area contributed by atoms with Crippen LogP contribution in [0, 0.1) is 5.82 Å². The summed E-state index contributed by atoms with van der Waals surface area (Å²) in [6, 6.07) is 11.9. The molecule has 0 aliphatic rings. The number of pyridine rings is 1. The average molecular weight is 273 g/mol. The number of amides is 1. The molecule has 4 heteroatoms. The van der Waals surface area contributed by atoms with Crippen molar-refractivity contribution in [1.82, 2.24) is 0 Å². The van der Waals surface area contributed by atoms with E-state index in [1.807, 2.05) is 30.6 Å². The van der Waals surface area contributed by atoms with Crippen molar-refractivity contribution in [2.45, 2.75) is 25.8 Å². The summed E-state index contributed by atoms with van der Waals surface area (Å²) in [5.41, 5.74) is 0.507. The molecule has 0 aliphatic carbocycles. The van der Waals surface area contributed by atoms with Crippen molar-refractivity contribution < 1.29 is 13.8 Å². The molecule has 0 spiro atoms. The number of carbonyl (C=O) groups is 1. The lowest BCUT2D eigenvalue weighted by Crippen LogP contribution is -2.32. The van der Waals surface area contributed by atoms with Crippen LogP contribution in [0.3, 0.4) is 0 Å². The molecule has 104 valence electrons. The topological polar surface area (TPSA) is 33.0 Å². The van der Waals surface area contributed by atoms with E-state index in [0.29, 0.717) is 12.1 Å². The van der Waals surface area contributed by atoms with Gasteiger partial charge in [-0.3, -0.25) is 4.79 Å². The summed E-state index contributed by atoms with van der Waals surface area (Å²) >= 11 is 0. The molecule has 1 aromatic heterocycles. The number of aryl methyl sites for hydroxylation is 1. The van der Waals surface area contributed by atoms with E-state index in [1.54, 1.807) is 12.1 Å². The van der Waals surface area contributed by atoms with Gasteiger partial charge in [-0.15, -0.1) is 0 Å². The molecule has 0 saturated heterocycles. The molecule has 0 unspecified atom stereocenters. The fourth-order valence-electron chi connectivity index (χ4n) is 1.95. The van der Waals surface area contributed by atoms with Gasteiger partial charge in [0.05, 0.1) is 0 Å². The van der Waals surface area contributed by atoms with Crippen LogP contribution in [-0.4, -0.2) is 5.91 Å². The Balaban J connectivity index is 1.68. The summed E-state index contributed by atoms with van der Waals surface area (Å²) in [5.74, 6) is -0.420. The molecule has 0 saturated carbocycles. The zero-order valence-corrected chi connectivity index (χ0v) is 11.3. The van der Waals surface area contributed by atoms with E-state index in [1.165, 1.54) is 12.1 Å². The SMILES string of the molecule is O=C(CCCC[n+]1ccccc1)Nc1cccc(F)c1. The fourth-order valence-corrected chi connectivity index (χ4v) is 1.95. The van der Waals surface area contributed by atoms with E-state index >= 15 is 0 Å². The van der Waals surface area contributed by atoms with Gasteiger partial charge < -0.3 is 5.32 Å². The zero-order chi connectivity index (χ0) is 14.2. The first kappa shape index (κ1) is 14.2. The van der Waals surface area contributed by atoms with Crippen LogP contribution >= 0.6 is 0 Å². The van der Waals surface area contributed by atoms with Gasteiger partial charge >= 0.3 is 0 Å². The summed E-state index contributed by atoms with van der Waals surface area (Å²) in [6.07, 6.45) is 6.21. The molecular weight excluding hydrogens is 255 g/mol. The number of hydrogen-bond acceptors (Lipinski definition) is 1. The molecule has 1 amide bonds. The molecule has 2 aromatic rings.